The van der Waals surface area contributed by atoms with E-state index in [1.54, 1.807) is 0 Å². The molecular formula is C12H8O8S2. The van der Waals surface area contributed by atoms with Crippen LogP contribution in [0.3, 0.4) is 0 Å². The fourth-order valence-electron chi connectivity index (χ4n) is 1.14. The Morgan fingerprint density at radius 3 is 0.818 bits per heavy atom. The van der Waals surface area contributed by atoms with Crippen molar-refractivity contribution >= 4 is 46.6 Å². The number of carbonyl (C=O) groups is 4. The van der Waals surface area contributed by atoms with E-state index in [1.165, 1.54) is 24.3 Å². The molecule has 22 heavy (non-hydrogen) atoms. The minimum absolute atomic E-state index is 0.0439. The van der Waals surface area contributed by atoms with Gasteiger partial charge in [0.1, 0.15) is 19.5 Å². The predicted octanol–water partition coefficient (Wildman–Crippen LogP) is 2.29. The molecule has 0 atom stereocenters. The minimum atomic E-state index is -1.09. The van der Waals surface area contributed by atoms with Crippen LogP contribution in [-0.2, 0) is 0 Å². The highest BCUT2D eigenvalue weighted by molar-refractivity contribution is 7.16. The SMILES string of the molecule is O=C(O)c1ccc(C(=O)O)s1.O=C(O)c1ccc(C(=O)O)s1. The molecular weight excluding hydrogens is 336 g/mol. The third kappa shape index (κ3) is 4.68. The van der Waals surface area contributed by atoms with Crippen LogP contribution in [0.5, 0.6) is 0 Å². The zero-order valence-electron chi connectivity index (χ0n) is 10.5. The van der Waals surface area contributed by atoms with Crippen LogP contribution in [0.15, 0.2) is 24.3 Å². The summed E-state index contributed by atoms with van der Waals surface area (Å²) in [4.78, 5) is 41.2. The molecule has 0 amide bonds. The summed E-state index contributed by atoms with van der Waals surface area (Å²) in [6.07, 6.45) is 0. The van der Waals surface area contributed by atoms with Crippen LogP contribution < -0.4 is 0 Å². The first-order valence-electron chi connectivity index (χ1n) is 5.35. The van der Waals surface area contributed by atoms with Crippen LogP contribution >= 0.6 is 22.7 Å². The van der Waals surface area contributed by atoms with Crippen LogP contribution in [0, 0.1) is 0 Å². The standard InChI is InChI=1S/2C6H4O4S/c2*7-5(8)3-1-2-4(11-3)6(9)10/h2*1-2H,(H,7,8)(H,9,10). The molecule has 0 saturated carbocycles. The number of hydrogen-bond donors (Lipinski definition) is 4. The molecule has 0 bridgehead atoms. The van der Waals surface area contributed by atoms with Gasteiger partial charge in [-0.1, -0.05) is 0 Å². The molecule has 0 radical (unpaired) electrons. The smallest absolute Gasteiger partial charge is 0.345 e. The van der Waals surface area contributed by atoms with Crippen molar-refractivity contribution in [1.29, 1.82) is 0 Å². The van der Waals surface area contributed by atoms with E-state index in [-0.39, 0.29) is 19.5 Å². The Morgan fingerprint density at radius 1 is 0.545 bits per heavy atom. The average molecular weight is 344 g/mol. The Hall–Kier alpha value is -2.72. The third-order valence-corrected chi connectivity index (χ3v) is 4.18. The van der Waals surface area contributed by atoms with E-state index in [9.17, 15) is 19.2 Å². The van der Waals surface area contributed by atoms with Crippen molar-refractivity contribution in [2.75, 3.05) is 0 Å². The quantitative estimate of drug-likeness (QED) is 0.660. The molecule has 2 heterocycles. The largest absolute Gasteiger partial charge is 0.477 e. The fraction of sp³-hybridized carbons (Fsp3) is 0. The summed E-state index contributed by atoms with van der Waals surface area (Å²) in [7, 11) is 0. The summed E-state index contributed by atoms with van der Waals surface area (Å²) in [6.45, 7) is 0. The van der Waals surface area contributed by atoms with Crippen molar-refractivity contribution in [2.24, 2.45) is 0 Å². The van der Waals surface area contributed by atoms with E-state index in [4.69, 9.17) is 20.4 Å². The van der Waals surface area contributed by atoms with Crippen molar-refractivity contribution < 1.29 is 39.6 Å². The van der Waals surface area contributed by atoms with Crippen molar-refractivity contribution in [3.8, 4) is 0 Å². The molecule has 0 spiro atoms. The normalized spacial score (nSPS) is 9.45. The molecule has 10 heteroatoms. The number of carboxylic acids is 4. The Bertz CT molecular complexity index is 608. The molecule has 8 nitrogen and oxygen atoms in total. The van der Waals surface area contributed by atoms with Crippen LogP contribution in [0.25, 0.3) is 0 Å². The van der Waals surface area contributed by atoms with Gasteiger partial charge in [0.2, 0.25) is 0 Å². The van der Waals surface area contributed by atoms with Gasteiger partial charge in [-0.2, -0.15) is 0 Å². The maximum Gasteiger partial charge on any atom is 0.345 e. The summed E-state index contributed by atoms with van der Waals surface area (Å²) < 4.78 is 0. The molecule has 0 aliphatic rings. The van der Waals surface area contributed by atoms with E-state index in [0.29, 0.717) is 0 Å². The first kappa shape index (κ1) is 17.3. The number of aromatic carboxylic acids is 4. The molecule has 0 saturated heterocycles. The molecule has 4 N–H and O–H groups in total. The third-order valence-electron chi connectivity index (χ3n) is 2.06. The van der Waals surface area contributed by atoms with E-state index >= 15 is 0 Å². The van der Waals surface area contributed by atoms with Gasteiger partial charge >= 0.3 is 23.9 Å². The zero-order valence-corrected chi connectivity index (χ0v) is 12.2. The van der Waals surface area contributed by atoms with Gasteiger partial charge in [0.25, 0.3) is 0 Å². The predicted molar refractivity (Wildman–Crippen MR) is 76.5 cm³/mol. The fourth-order valence-corrected chi connectivity index (χ4v) is 2.50. The maximum atomic E-state index is 10.3. The van der Waals surface area contributed by atoms with E-state index in [2.05, 4.69) is 0 Å². The Labute approximate surface area is 130 Å². The highest BCUT2D eigenvalue weighted by Gasteiger charge is 2.11. The lowest BCUT2D eigenvalue weighted by Gasteiger charge is -1.82. The van der Waals surface area contributed by atoms with Gasteiger partial charge in [-0.15, -0.1) is 22.7 Å². The number of carboxylic acid groups (broad SMARTS) is 4. The van der Waals surface area contributed by atoms with Gasteiger partial charge in [-0.3, -0.25) is 0 Å². The van der Waals surface area contributed by atoms with Crippen LogP contribution in [0.4, 0.5) is 0 Å². The van der Waals surface area contributed by atoms with Crippen molar-refractivity contribution in [3.63, 3.8) is 0 Å². The second-order valence-corrected chi connectivity index (χ2v) is 5.72. The van der Waals surface area contributed by atoms with Crippen molar-refractivity contribution in [1.82, 2.24) is 0 Å². The lowest BCUT2D eigenvalue weighted by Crippen LogP contribution is -1.91. The first-order chi connectivity index (χ1) is 10.2. The highest BCUT2D eigenvalue weighted by Crippen LogP contribution is 2.16. The van der Waals surface area contributed by atoms with Crippen LogP contribution in [0.1, 0.15) is 38.7 Å². The molecule has 0 aliphatic heterocycles. The van der Waals surface area contributed by atoms with Crippen LogP contribution in [0.2, 0.25) is 0 Å². The summed E-state index contributed by atoms with van der Waals surface area (Å²) in [5.74, 6) is -4.38. The number of rotatable bonds is 4. The molecule has 2 aromatic rings. The van der Waals surface area contributed by atoms with Gasteiger partial charge in [0.15, 0.2) is 0 Å². The number of hydrogen-bond acceptors (Lipinski definition) is 6. The van der Waals surface area contributed by atoms with E-state index in [1.807, 2.05) is 0 Å². The van der Waals surface area contributed by atoms with Crippen molar-refractivity contribution in [3.05, 3.63) is 43.8 Å². The van der Waals surface area contributed by atoms with Gasteiger partial charge in [0, 0.05) is 0 Å². The van der Waals surface area contributed by atoms with Gasteiger partial charge in [-0.25, -0.2) is 19.2 Å². The lowest BCUT2D eigenvalue weighted by molar-refractivity contribution is 0.0689. The second-order valence-electron chi connectivity index (χ2n) is 3.55. The molecule has 0 aliphatic carbocycles. The van der Waals surface area contributed by atoms with Crippen LogP contribution in [-0.4, -0.2) is 44.3 Å². The maximum absolute atomic E-state index is 10.3. The molecule has 0 unspecified atom stereocenters. The van der Waals surface area contributed by atoms with Crippen molar-refractivity contribution in [2.45, 2.75) is 0 Å². The Kier molecular flexibility index (Phi) is 5.78. The highest BCUT2D eigenvalue weighted by atomic mass is 32.1. The molecule has 2 rings (SSSR count). The van der Waals surface area contributed by atoms with E-state index in [0.717, 1.165) is 22.7 Å². The monoisotopic (exact) mass is 344 g/mol. The first-order valence-corrected chi connectivity index (χ1v) is 6.98. The topological polar surface area (TPSA) is 149 Å². The summed E-state index contributed by atoms with van der Waals surface area (Å²) in [6, 6.07) is 5.10. The minimum Gasteiger partial charge on any atom is -0.477 e. The molecule has 0 aromatic carbocycles. The Balaban J connectivity index is 0.000000220. The zero-order chi connectivity index (χ0) is 16.9. The van der Waals surface area contributed by atoms with Gasteiger partial charge in [0.05, 0.1) is 0 Å². The van der Waals surface area contributed by atoms with Gasteiger partial charge < -0.3 is 20.4 Å². The summed E-state index contributed by atoms with van der Waals surface area (Å²) in [5.41, 5.74) is 0. The van der Waals surface area contributed by atoms with Gasteiger partial charge in [-0.05, 0) is 24.3 Å². The lowest BCUT2D eigenvalue weighted by atomic mass is 10.4. The number of thiophene rings is 2. The average Bonchev–Trinajstić information content (AvgIpc) is 3.09. The summed E-state index contributed by atoms with van der Waals surface area (Å²) in [5, 5.41) is 33.6. The van der Waals surface area contributed by atoms with E-state index < -0.39 is 23.9 Å². The Morgan fingerprint density at radius 2 is 0.727 bits per heavy atom. The molecule has 0 fully saturated rings. The second kappa shape index (κ2) is 7.33. The molecule has 2 aromatic heterocycles. The molecule has 116 valence electrons. The summed E-state index contributed by atoms with van der Waals surface area (Å²) >= 11 is 1.50.